The van der Waals surface area contributed by atoms with Gasteiger partial charge in [-0.3, -0.25) is 9.69 Å². The average molecular weight is 474 g/mol. The molecule has 0 amide bonds. The third kappa shape index (κ3) is 7.25. The van der Waals surface area contributed by atoms with Crippen LogP contribution < -0.4 is 0 Å². The quantitative estimate of drug-likeness (QED) is 0.412. The Kier molecular flexibility index (Phi) is 9.07. The number of benzene rings is 3. The lowest BCUT2D eigenvalue weighted by atomic mass is 9.90. The molecule has 4 rings (SSSR count). The molecule has 1 aliphatic rings. The van der Waals surface area contributed by atoms with E-state index in [4.69, 9.17) is 9.47 Å². The number of ether oxygens (including phenoxy) is 2. The molecule has 0 aromatic heterocycles. The molecular formula is C30H35NO4. The minimum atomic E-state index is -0.437. The minimum absolute atomic E-state index is 0.120. The van der Waals surface area contributed by atoms with E-state index in [1.54, 1.807) is 0 Å². The molecule has 1 heterocycles. The number of aliphatic hydroxyl groups is 1. The second kappa shape index (κ2) is 12.6. The largest absolute Gasteiger partial charge is 0.456 e. The van der Waals surface area contributed by atoms with Crippen molar-refractivity contribution in [3.8, 4) is 0 Å². The SMILES string of the molecule is CC(=O)O[C@H](CN1CC[C@@H](CCOC(c2ccccc2)c2ccccc2)[C@H](O)C1)c1ccccc1. The number of nitrogens with zero attached hydrogens (tertiary/aromatic N) is 1. The highest BCUT2D eigenvalue weighted by Gasteiger charge is 2.30. The lowest BCUT2D eigenvalue weighted by Crippen LogP contribution is -2.45. The van der Waals surface area contributed by atoms with Crippen molar-refractivity contribution in [2.45, 2.75) is 38.1 Å². The smallest absolute Gasteiger partial charge is 0.303 e. The molecule has 0 radical (unpaired) electrons. The van der Waals surface area contributed by atoms with Crippen molar-refractivity contribution < 1.29 is 19.4 Å². The van der Waals surface area contributed by atoms with Crippen molar-refractivity contribution in [3.05, 3.63) is 108 Å². The monoisotopic (exact) mass is 473 g/mol. The van der Waals surface area contributed by atoms with Crippen LogP contribution in [0, 0.1) is 5.92 Å². The zero-order valence-electron chi connectivity index (χ0n) is 20.3. The number of rotatable bonds is 10. The fourth-order valence-electron chi connectivity index (χ4n) is 4.84. The number of esters is 1. The molecule has 1 fully saturated rings. The van der Waals surface area contributed by atoms with E-state index in [-0.39, 0.29) is 24.1 Å². The highest BCUT2D eigenvalue weighted by atomic mass is 16.5. The van der Waals surface area contributed by atoms with Crippen molar-refractivity contribution in [1.82, 2.24) is 4.90 Å². The summed E-state index contributed by atoms with van der Waals surface area (Å²) >= 11 is 0. The van der Waals surface area contributed by atoms with E-state index in [0.29, 0.717) is 19.7 Å². The van der Waals surface area contributed by atoms with E-state index in [2.05, 4.69) is 29.2 Å². The van der Waals surface area contributed by atoms with E-state index >= 15 is 0 Å². The summed E-state index contributed by atoms with van der Waals surface area (Å²) in [6.07, 6.45) is 0.793. The molecule has 0 unspecified atom stereocenters. The van der Waals surface area contributed by atoms with Gasteiger partial charge in [0.15, 0.2) is 0 Å². The van der Waals surface area contributed by atoms with Gasteiger partial charge in [-0.05, 0) is 42.0 Å². The van der Waals surface area contributed by atoms with Gasteiger partial charge in [0.1, 0.15) is 12.2 Å². The number of carbonyl (C=O) groups is 1. The molecule has 3 aromatic carbocycles. The predicted octanol–water partition coefficient (Wildman–Crippen LogP) is 5.17. The van der Waals surface area contributed by atoms with Crippen LogP contribution in [-0.4, -0.2) is 48.3 Å². The van der Waals surface area contributed by atoms with Crippen LogP contribution in [0.5, 0.6) is 0 Å². The molecule has 0 aliphatic carbocycles. The third-order valence-corrected chi connectivity index (χ3v) is 6.69. The predicted molar refractivity (Wildman–Crippen MR) is 137 cm³/mol. The molecule has 5 nitrogen and oxygen atoms in total. The number of hydrogen-bond donors (Lipinski definition) is 1. The lowest BCUT2D eigenvalue weighted by Gasteiger charge is -2.37. The van der Waals surface area contributed by atoms with Crippen LogP contribution in [0.2, 0.25) is 0 Å². The van der Waals surface area contributed by atoms with Crippen LogP contribution >= 0.6 is 0 Å². The number of hydrogen-bond acceptors (Lipinski definition) is 5. The third-order valence-electron chi connectivity index (χ3n) is 6.69. The summed E-state index contributed by atoms with van der Waals surface area (Å²) in [5.41, 5.74) is 3.23. The van der Waals surface area contributed by atoms with Gasteiger partial charge in [0.05, 0.1) is 6.10 Å². The Morgan fingerprint density at radius 2 is 1.46 bits per heavy atom. The van der Waals surface area contributed by atoms with Gasteiger partial charge in [0, 0.05) is 26.6 Å². The van der Waals surface area contributed by atoms with E-state index < -0.39 is 6.10 Å². The van der Waals surface area contributed by atoms with E-state index in [1.165, 1.54) is 6.92 Å². The highest BCUT2D eigenvalue weighted by molar-refractivity contribution is 5.66. The van der Waals surface area contributed by atoms with Gasteiger partial charge in [0.2, 0.25) is 0 Å². The zero-order valence-corrected chi connectivity index (χ0v) is 20.3. The zero-order chi connectivity index (χ0) is 24.5. The van der Waals surface area contributed by atoms with Crippen molar-refractivity contribution in [2.75, 3.05) is 26.2 Å². The van der Waals surface area contributed by atoms with Crippen molar-refractivity contribution in [3.63, 3.8) is 0 Å². The van der Waals surface area contributed by atoms with Crippen LogP contribution in [0.3, 0.4) is 0 Å². The number of likely N-dealkylation sites (tertiary alicyclic amines) is 1. The van der Waals surface area contributed by atoms with Gasteiger partial charge < -0.3 is 14.6 Å². The molecule has 0 spiro atoms. The Balaban J connectivity index is 1.31. The van der Waals surface area contributed by atoms with Gasteiger partial charge in [0.25, 0.3) is 0 Å². The lowest BCUT2D eigenvalue weighted by molar-refractivity contribution is -0.148. The van der Waals surface area contributed by atoms with Gasteiger partial charge in [-0.25, -0.2) is 0 Å². The summed E-state index contributed by atoms with van der Waals surface area (Å²) in [6, 6.07) is 30.3. The maximum absolute atomic E-state index is 11.7. The Labute approximate surface area is 208 Å². The van der Waals surface area contributed by atoms with Crippen molar-refractivity contribution >= 4 is 5.97 Å². The fourth-order valence-corrected chi connectivity index (χ4v) is 4.84. The summed E-state index contributed by atoms with van der Waals surface area (Å²) in [6.45, 7) is 4.02. The second-order valence-corrected chi connectivity index (χ2v) is 9.25. The number of carbonyl (C=O) groups excluding carboxylic acids is 1. The summed E-state index contributed by atoms with van der Waals surface area (Å²) in [5.74, 6) is -0.111. The Bertz CT molecular complexity index is 988. The highest BCUT2D eigenvalue weighted by Crippen LogP contribution is 2.29. The Morgan fingerprint density at radius 1 is 0.914 bits per heavy atom. The number of aliphatic hydroxyl groups excluding tert-OH is 1. The molecule has 35 heavy (non-hydrogen) atoms. The minimum Gasteiger partial charge on any atom is -0.456 e. The molecular weight excluding hydrogens is 438 g/mol. The van der Waals surface area contributed by atoms with Crippen LogP contribution in [0.1, 0.15) is 48.7 Å². The molecule has 1 aliphatic heterocycles. The first kappa shape index (κ1) is 25.1. The normalized spacial score (nSPS) is 19.4. The summed E-state index contributed by atoms with van der Waals surface area (Å²) in [4.78, 5) is 13.9. The van der Waals surface area contributed by atoms with Crippen molar-refractivity contribution in [2.24, 2.45) is 5.92 Å². The van der Waals surface area contributed by atoms with Gasteiger partial charge in [-0.2, -0.15) is 0 Å². The molecule has 3 aromatic rings. The summed E-state index contributed by atoms with van der Waals surface area (Å²) in [7, 11) is 0. The summed E-state index contributed by atoms with van der Waals surface area (Å²) < 4.78 is 12.0. The molecule has 1 N–H and O–H groups in total. The molecule has 0 saturated carbocycles. The molecule has 0 bridgehead atoms. The van der Waals surface area contributed by atoms with Gasteiger partial charge in [-0.1, -0.05) is 91.0 Å². The first-order valence-electron chi connectivity index (χ1n) is 12.4. The van der Waals surface area contributed by atoms with E-state index in [9.17, 15) is 9.90 Å². The van der Waals surface area contributed by atoms with Crippen LogP contribution in [-0.2, 0) is 14.3 Å². The van der Waals surface area contributed by atoms with E-state index in [1.807, 2.05) is 66.7 Å². The van der Waals surface area contributed by atoms with Gasteiger partial charge in [-0.15, -0.1) is 0 Å². The fraction of sp³-hybridized carbons (Fsp3) is 0.367. The average Bonchev–Trinajstić information content (AvgIpc) is 2.88. The van der Waals surface area contributed by atoms with Crippen LogP contribution in [0.25, 0.3) is 0 Å². The first-order chi connectivity index (χ1) is 17.1. The maximum Gasteiger partial charge on any atom is 0.303 e. The summed E-state index contributed by atoms with van der Waals surface area (Å²) in [5, 5.41) is 10.9. The number of piperidine rings is 1. The maximum atomic E-state index is 11.7. The molecule has 184 valence electrons. The van der Waals surface area contributed by atoms with Gasteiger partial charge >= 0.3 is 5.97 Å². The molecule has 3 atom stereocenters. The second-order valence-electron chi connectivity index (χ2n) is 9.25. The Hall–Kier alpha value is -2.99. The Morgan fingerprint density at radius 3 is 1.97 bits per heavy atom. The first-order valence-corrected chi connectivity index (χ1v) is 12.4. The van der Waals surface area contributed by atoms with E-state index in [0.717, 1.165) is 36.1 Å². The van der Waals surface area contributed by atoms with Crippen LogP contribution in [0.4, 0.5) is 0 Å². The molecule has 5 heteroatoms. The van der Waals surface area contributed by atoms with Crippen molar-refractivity contribution in [1.29, 1.82) is 0 Å². The standard InChI is InChI=1S/C30H35NO4/c1-23(32)35-29(25-11-5-2-6-12-25)22-31-19-17-24(28(33)21-31)18-20-34-30(26-13-7-3-8-14-26)27-15-9-4-10-16-27/h2-16,24,28-30,33H,17-22H2,1H3/t24-,28+,29+/m0/s1. The topological polar surface area (TPSA) is 59.0 Å². The number of β-amino-alcohol motifs (C(OH)–C–C–N with tert-alkyl or cyclic N) is 1. The molecule has 1 saturated heterocycles. The van der Waals surface area contributed by atoms with Crippen LogP contribution in [0.15, 0.2) is 91.0 Å².